The van der Waals surface area contributed by atoms with Crippen LogP contribution >= 0.6 is 0 Å². The van der Waals surface area contributed by atoms with Crippen molar-refractivity contribution >= 4 is 16.1 Å². The Kier molecular flexibility index (Phi) is 2.84. The fourth-order valence-corrected chi connectivity index (χ4v) is 1.24. The van der Waals surface area contributed by atoms with Gasteiger partial charge >= 0.3 is 10.3 Å². The summed E-state index contributed by atoms with van der Waals surface area (Å²) in [4.78, 5) is 3.93. The van der Waals surface area contributed by atoms with Crippen LogP contribution in [0.3, 0.4) is 0 Å². The van der Waals surface area contributed by atoms with Gasteiger partial charge in [-0.25, -0.2) is 9.71 Å². The monoisotopic (exact) mass is 202 g/mol. The average molecular weight is 202 g/mol. The first-order valence-electron chi connectivity index (χ1n) is 3.72. The molecular weight excluding hydrogens is 192 g/mol. The van der Waals surface area contributed by atoms with Gasteiger partial charge in [-0.3, -0.25) is 4.55 Å². The molecular formula is C7H10N2O3S. The van der Waals surface area contributed by atoms with Crippen molar-refractivity contribution in [3.05, 3.63) is 23.9 Å². The largest absolute Gasteiger partial charge is 0.358 e. The number of rotatable bonds is 3. The lowest BCUT2D eigenvalue weighted by molar-refractivity contribution is 0.489. The standard InChI is InChI=1S/C7H10N2O3S/c1-2-6-4-3-5-7(8-6)9-13(10,11)12/h3-5H,2H2,1H3,(H,8,9)(H,10,11,12). The Balaban J connectivity index is 2.90. The van der Waals surface area contributed by atoms with Gasteiger partial charge in [-0.15, -0.1) is 0 Å². The summed E-state index contributed by atoms with van der Waals surface area (Å²) in [7, 11) is -4.21. The molecule has 0 radical (unpaired) electrons. The third-order valence-corrected chi connectivity index (χ3v) is 1.87. The smallest absolute Gasteiger partial charge is 0.269 e. The molecule has 0 amide bonds. The molecule has 72 valence electrons. The van der Waals surface area contributed by atoms with Gasteiger partial charge in [-0.1, -0.05) is 13.0 Å². The molecule has 1 rings (SSSR count). The predicted molar refractivity (Wildman–Crippen MR) is 48.8 cm³/mol. The summed E-state index contributed by atoms with van der Waals surface area (Å²) in [5, 5.41) is 0. The lowest BCUT2D eigenvalue weighted by Gasteiger charge is -2.02. The molecule has 1 aromatic rings. The quantitative estimate of drug-likeness (QED) is 0.712. The van der Waals surface area contributed by atoms with E-state index >= 15 is 0 Å². The molecule has 0 saturated heterocycles. The number of nitrogens with one attached hydrogen (secondary N) is 1. The molecule has 0 aliphatic heterocycles. The first-order valence-corrected chi connectivity index (χ1v) is 5.16. The van der Waals surface area contributed by atoms with Crippen molar-refractivity contribution in [1.29, 1.82) is 0 Å². The molecule has 5 nitrogen and oxygen atoms in total. The van der Waals surface area contributed by atoms with Crippen LogP contribution in [0.25, 0.3) is 0 Å². The maximum atomic E-state index is 10.4. The Morgan fingerprint density at radius 1 is 1.54 bits per heavy atom. The lowest BCUT2D eigenvalue weighted by atomic mass is 10.3. The predicted octanol–water partition coefficient (Wildman–Crippen LogP) is 0.859. The molecule has 1 heterocycles. The molecule has 0 atom stereocenters. The van der Waals surface area contributed by atoms with Gasteiger partial charge in [-0.2, -0.15) is 8.42 Å². The molecule has 6 heteroatoms. The minimum atomic E-state index is -4.21. The van der Waals surface area contributed by atoms with Gasteiger partial charge in [0.25, 0.3) is 0 Å². The van der Waals surface area contributed by atoms with Crippen LogP contribution in [0.4, 0.5) is 5.82 Å². The summed E-state index contributed by atoms with van der Waals surface area (Å²) in [5.74, 6) is 0.127. The fourth-order valence-electron chi connectivity index (χ4n) is 0.865. The van der Waals surface area contributed by atoms with Crippen molar-refractivity contribution in [3.63, 3.8) is 0 Å². The summed E-state index contributed by atoms with van der Waals surface area (Å²) in [6.45, 7) is 1.90. The van der Waals surface area contributed by atoms with Crippen LogP contribution in [0, 0.1) is 0 Å². The fraction of sp³-hybridized carbons (Fsp3) is 0.286. The van der Waals surface area contributed by atoms with Crippen molar-refractivity contribution in [2.24, 2.45) is 0 Å². The molecule has 0 aliphatic carbocycles. The normalized spacial score (nSPS) is 11.2. The van der Waals surface area contributed by atoms with E-state index < -0.39 is 10.3 Å². The number of hydrogen-bond donors (Lipinski definition) is 2. The molecule has 0 unspecified atom stereocenters. The van der Waals surface area contributed by atoms with Crippen LogP contribution in [-0.4, -0.2) is 18.0 Å². The van der Waals surface area contributed by atoms with Crippen molar-refractivity contribution < 1.29 is 13.0 Å². The summed E-state index contributed by atoms with van der Waals surface area (Å²) in [6.07, 6.45) is 0.709. The third kappa shape index (κ3) is 3.39. The van der Waals surface area contributed by atoms with Crippen molar-refractivity contribution in [2.75, 3.05) is 4.72 Å². The van der Waals surface area contributed by atoms with E-state index in [-0.39, 0.29) is 5.82 Å². The molecule has 0 aromatic carbocycles. The number of pyridine rings is 1. The number of aryl methyl sites for hydroxylation is 1. The number of nitrogens with zero attached hydrogens (tertiary/aromatic N) is 1. The Labute approximate surface area is 76.7 Å². The van der Waals surface area contributed by atoms with E-state index in [9.17, 15) is 8.42 Å². The summed E-state index contributed by atoms with van der Waals surface area (Å²) in [5.41, 5.74) is 0.758. The van der Waals surface area contributed by atoms with E-state index in [0.717, 1.165) is 5.69 Å². The highest BCUT2D eigenvalue weighted by Crippen LogP contribution is 2.06. The second kappa shape index (κ2) is 3.71. The number of aromatic nitrogens is 1. The SMILES string of the molecule is CCc1cccc(NS(=O)(=O)O)n1. The molecule has 13 heavy (non-hydrogen) atoms. The van der Waals surface area contributed by atoms with Crippen LogP contribution in [-0.2, 0) is 16.7 Å². The highest BCUT2D eigenvalue weighted by atomic mass is 32.2. The zero-order chi connectivity index (χ0) is 9.90. The van der Waals surface area contributed by atoms with E-state index in [1.54, 1.807) is 12.1 Å². The molecule has 0 fully saturated rings. The van der Waals surface area contributed by atoms with Crippen LogP contribution in [0.5, 0.6) is 0 Å². The Hall–Kier alpha value is -1.14. The second-order valence-corrected chi connectivity index (χ2v) is 3.60. The summed E-state index contributed by atoms with van der Waals surface area (Å²) in [6, 6.07) is 4.90. The molecule has 0 aliphatic rings. The number of hydrogen-bond acceptors (Lipinski definition) is 3. The zero-order valence-corrected chi connectivity index (χ0v) is 7.87. The summed E-state index contributed by atoms with van der Waals surface area (Å²) >= 11 is 0. The van der Waals surface area contributed by atoms with Gasteiger partial charge in [-0.05, 0) is 18.6 Å². The maximum absolute atomic E-state index is 10.4. The average Bonchev–Trinajstić information content (AvgIpc) is 2.01. The van der Waals surface area contributed by atoms with Gasteiger partial charge in [0.05, 0.1) is 0 Å². The van der Waals surface area contributed by atoms with Crippen molar-refractivity contribution in [1.82, 2.24) is 4.98 Å². The molecule has 1 aromatic heterocycles. The van der Waals surface area contributed by atoms with Crippen LogP contribution in [0.1, 0.15) is 12.6 Å². The summed E-state index contributed by atoms with van der Waals surface area (Å²) < 4.78 is 31.1. The second-order valence-electron chi connectivity index (χ2n) is 2.44. The highest BCUT2D eigenvalue weighted by Gasteiger charge is 2.04. The van der Waals surface area contributed by atoms with Crippen LogP contribution in [0.15, 0.2) is 18.2 Å². The van der Waals surface area contributed by atoms with Crippen molar-refractivity contribution in [2.45, 2.75) is 13.3 Å². The topological polar surface area (TPSA) is 79.3 Å². The highest BCUT2D eigenvalue weighted by molar-refractivity contribution is 7.87. The number of anilines is 1. The molecule has 0 saturated carbocycles. The Bertz CT molecular complexity index is 388. The minimum Gasteiger partial charge on any atom is -0.269 e. The maximum Gasteiger partial charge on any atom is 0.358 e. The van der Waals surface area contributed by atoms with Gasteiger partial charge in [0.15, 0.2) is 0 Å². The van der Waals surface area contributed by atoms with Gasteiger partial charge in [0.1, 0.15) is 5.82 Å². The van der Waals surface area contributed by atoms with E-state index in [0.29, 0.717) is 6.42 Å². The third-order valence-electron chi connectivity index (χ3n) is 1.40. The van der Waals surface area contributed by atoms with Gasteiger partial charge in [0.2, 0.25) is 0 Å². The van der Waals surface area contributed by atoms with E-state index in [2.05, 4.69) is 4.98 Å². The van der Waals surface area contributed by atoms with E-state index in [1.165, 1.54) is 6.07 Å². The molecule has 2 N–H and O–H groups in total. The van der Waals surface area contributed by atoms with E-state index in [4.69, 9.17) is 4.55 Å². The first-order chi connectivity index (χ1) is 6.01. The minimum absolute atomic E-state index is 0.127. The molecule has 0 bridgehead atoms. The molecule has 0 spiro atoms. The van der Waals surface area contributed by atoms with Gasteiger partial charge in [0, 0.05) is 5.69 Å². The van der Waals surface area contributed by atoms with Gasteiger partial charge < -0.3 is 0 Å². The Morgan fingerprint density at radius 3 is 2.77 bits per heavy atom. The van der Waals surface area contributed by atoms with Crippen LogP contribution in [0.2, 0.25) is 0 Å². The zero-order valence-electron chi connectivity index (χ0n) is 7.06. The van der Waals surface area contributed by atoms with E-state index in [1.807, 2.05) is 11.6 Å². The van der Waals surface area contributed by atoms with Crippen molar-refractivity contribution in [3.8, 4) is 0 Å². The Morgan fingerprint density at radius 2 is 2.23 bits per heavy atom. The first kappa shape index (κ1) is 9.94. The van der Waals surface area contributed by atoms with Crippen LogP contribution < -0.4 is 4.72 Å². The lowest BCUT2D eigenvalue weighted by Crippen LogP contribution is -2.11.